The van der Waals surface area contributed by atoms with Gasteiger partial charge in [-0.15, -0.1) is 11.6 Å². The van der Waals surface area contributed by atoms with E-state index in [1.807, 2.05) is 6.92 Å². The van der Waals surface area contributed by atoms with E-state index < -0.39 is 12.1 Å². The number of halogens is 1. The Morgan fingerprint density at radius 1 is 1.41 bits per heavy atom. The number of carboxylic acid groups (broad SMARTS) is 1. The number of hydrogen-bond donors (Lipinski definition) is 2. The Kier molecular flexibility index (Phi) is 4.66. The van der Waals surface area contributed by atoms with Gasteiger partial charge in [0.1, 0.15) is 0 Å². The molecule has 17 heavy (non-hydrogen) atoms. The summed E-state index contributed by atoms with van der Waals surface area (Å²) >= 11 is 5.41. The Balaban J connectivity index is 3.11. The lowest BCUT2D eigenvalue weighted by molar-refractivity contribution is -0.147. The number of benzene rings is 1. The van der Waals surface area contributed by atoms with Crippen molar-refractivity contribution < 1.29 is 19.8 Å². The van der Waals surface area contributed by atoms with Crippen molar-refractivity contribution in [1.82, 2.24) is 0 Å². The molecule has 0 radical (unpaired) electrons. The lowest BCUT2D eigenvalue weighted by Crippen LogP contribution is -2.15. The van der Waals surface area contributed by atoms with Gasteiger partial charge in [-0.25, -0.2) is 4.79 Å². The fourth-order valence-corrected chi connectivity index (χ4v) is 1.64. The maximum atomic E-state index is 11.3. The molecular formula is C12H13ClO4. The molecule has 2 N–H and O–H groups in total. The molecule has 0 aromatic heterocycles. The minimum Gasteiger partial charge on any atom is -0.479 e. The molecule has 0 amide bonds. The number of aliphatic hydroxyl groups excluding tert-OH is 1. The average molecular weight is 257 g/mol. The molecule has 0 fully saturated rings. The van der Waals surface area contributed by atoms with Crippen LogP contribution >= 0.6 is 11.6 Å². The molecule has 0 aliphatic rings. The molecular weight excluding hydrogens is 244 g/mol. The minimum absolute atomic E-state index is 0.0326. The molecule has 1 unspecified atom stereocenters. The number of carbonyl (C=O) groups is 2. The normalized spacial score (nSPS) is 12.2. The van der Waals surface area contributed by atoms with E-state index in [0.717, 1.165) is 5.56 Å². The first-order chi connectivity index (χ1) is 7.95. The molecule has 0 aliphatic carbocycles. The molecule has 0 saturated heterocycles. The molecule has 1 rings (SSSR count). The Labute approximate surface area is 104 Å². The Morgan fingerprint density at radius 2 is 2.06 bits per heavy atom. The zero-order chi connectivity index (χ0) is 13.0. The summed E-state index contributed by atoms with van der Waals surface area (Å²) in [6.45, 7) is 1.82. The summed E-state index contributed by atoms with van der Waals surface area (Å²) in [4.78, 5) is 22.0. The van der Waals surface area contributed by atoms with Gasteiger partial charge >= 0.3 is 5.97 Å². The minimum atomic E-state index is -1.62. The van der Waals surface area contributed by atoms with Gasteiger partial charge in [-0.1, -0.05) is 23.8 Å². The predicted octanol–water partition coefficient (Wildman–Crippen LogP) is 1.46. The van der Waals surface area contributed by atoms with E-state index in [1.54, 1.807) is 12.1 Å². The van der Waals surface area contributed by atoms with E-state index in [0.29, 0.717) is 5.56 Å². The topological polar surface area (TPSA) is 74.6 Å². The number of hydrogen-bond acceptors (Lipinski definition) is 3. The summed E-state index contributed by atoms with van der Waals surface area (Å²) in [5.74, 6) is -1.68. The summed E-state index contributed by atoms with van der Waals surface area (Å²) in [5.41, 5.74) is 1.64. The summed E-state index contributed by atoms with van der Waals surface area (Å²) < 4.78 is 0. The van der Waals surface area contributed by atoms with Crippen LogP contribution in [-0.4, -0.2) is 27.8 Å². The fraction of sp³-hybridized carbons (Fsp3) is 0.333. The summed E-state index contributed by atoms with van der Waals surface area (Å²) in [6, 6.07) is 4.90. The molecule has 0 heterocycles. The highest BCUT2D eigenvalue weighted by atomic mass is 35.5. The van der Waals surface area contributed by atoms with Crippen molar-refractivity contribution >= 4 is 23.4 Å². The van der Waals surface area contributed by atoms with Crippen molar-refractivity contribution in [3.8, 4) is 0 Å². The van der Waals surface area contributed by atoms with Gasteiger partial charge in [-0.05, 0) is 18.1 Å². The third-order valence-corrected chi connectivity index (χ3v) is 2.66. The first-order valence-corrected chi connectivity index (χ1v) is 5.57. The fourth-order valence-electron chi connectivity index (χ4n) is 1.55. The molecule has 1 aromatic rings. The first kappa shape index (κ1) is 13.7. The van der Waals surface area contributed by atoms with Crippen LogP contribution in [0.4, 0.5) is 0 Å². The summed E-state index contributed by atoms with van der Waals surface area (Å²) in [5, 5.41) is 18.3. The molecule has 0 aliphatic heterocycles. The Hall–Kier alpha value is -1.39. The van der Waals surface area contributed by atoms with E-state index in [2.05, 4.69) is 0 Å². The van der Waals surface area contributed by atoms with Crippen molar-refractivity contribution in [1.29, 1.82) is 0 Å². The van der Waals surface area contributed by atoms with Crippen LogP contribution in [0.1, 0.15) is 22.8 Å². The SMILES string of the molecule is Cc1ccc(C(O)C(=O)O)c(CC(=O)CCl)c1. The van der Waals surface area contributed by atoms with Crippen LogP contribution in [0.5, 0.6) is 0 Å². The molecule has 1 atom stereocenters. The van der Waals surface area contributed by atoms with Crippen LogP contribution in [0.15, 0.2) is 18.2 Å². The highest BCUT2D eigenvalue weighted by Crippen LogP contribution is 2.20. The van der Waals surface area contributed by atoms with E-state index in [1.165, 1.54) is 6.07 Å². The van der Waals surface area contributed by atoms with Crippen molar-refractivity contribution in [2.24, 2.45) is 0 Å². The molecule has 0 spiro atoms. The lowest BCUT2D eigenvalue weighted by atomic mass is 9.96. The average Bonchev–Trinajstić information content (AvgIpc) is 2.28. The van der Waals surface area contributed by atoms with Crippen LogP contribution < -0.4 is 0 Å². The number of aliphatic hydroxyl groups is 1. The third kappa shape index (κ3) is 3.54. The van der Waals surface area contributed by atoms with Crippen molar-refractivity contribution in [2.45, 2.75) is 19.4 Å². The second kappa shape index (κ2) is 5.80. The van der Waals surface area contributed by atoms with Gasteiger partial charge in [-0.3, -0.25) is 4.79 Å². The van der Waals surface area contributed by atoms with E-state index >= 15 is 0 Å². The number of rotatable bonds is 5. The number of Topliss-reactive ketones (excluding diaryl/α,β-unsaturated/α-hetero) is 1. The van der Waals surface area contributed by atoms with Gasteiger partial charge in [0.15, 0.2) is 11.9 Å². The number of carboxylic acids is 1. The zero-order valence-electron chi connectivity index (χ0n) is 9.31. The zero-order valence-corrected chi connectivity index (χ0v) is 10.1. The van der Waals surface area contributed by atoms with Gasteiger partial charge in [0.2, 0.25) is 0 Å². The number of aryl methyl sites for hydroxylation is 1. The number of carbonyl (C=O) groups excluding carboxylic acids is 1. The Bertz CT molecular complexity index is 442. The van der Waals surface area contributed by atoms with E-state index in [9.17, 15) is 14.7 Å². The first-order valence-electron chi connectivity index (χ1n) is 5.03. The smallest absolute Gasteiger partial charge is 0.337 e. The number of ketones is 1. The van der Waals surface area contributed by atoms with Crippen LogP contribution in [0, 0.1) is 6.92 Å². The molecule has 4 nitrogen and oxygen atoms in total. The highest BCUT2D eigenvalue weighted by molar-refractivity contribution is 6.27. The van der Waals surface area contributed by atoms with E-state index in [4.69, 9.17) is 16.7 Å². The number of aliphatic carboxylic acids is 1. The third-order valence-electron chi connectivity index (χ3n) is 2.36. The van der Waals surface area contributed by atoms with Crippen molar-refractivity contribution in [2.75, 3.05) is 5.88 Å². The standard InChI is InChI=1S/C12H13ClO4/c1-7-2-3-10(11(15)12(16)17)8(4-7)5-9(14)6-13/h2-4,11,15H,5-6H2,1H3,(H,16,17). The maximum Gasteiger partial charge on any atom is 0.337 e. The summed E-state index contributed by atoms with van der Waals surface area (Å²) in [7, 11) is 0. The largest absolute Gasteiger partial charge is 0.479 e. The van der Waals surface area contributed by atoms with Crippen LogP contribution in [0.25, 0.3) is 0 Å². The van der Waals surface area contributed by atoms with Gasteiger partial charge in [-0.2, -0.15) is 0 Å². The van der Waals surface area contributed by atoms with E-state index in [-0.39, 0.29) is 23.6 Å². The molecule has 0 bridgehead atoms. The van der Waals surface area contributed by atoms with Gasteiger partial charge in [0.05, 0.1) is 5.88 Å². The second-order valence-electron chi connectivity index (χ2n) is 3.79. The van der Waals surface area contributed by atoms with Crippen LogP contribution in [-0.2, 0) is 16.0 Å². The Morgan fingerprint density at radius 3 is 2.59 bits per heavy atom. The van der Waals surface area contributed by atoms with Crippen LogP contribution in [0.3, 0.4) is 0 Å². The molecule has 5 heteroatoms. The quantitative estimate of drug-likeness (QED) is 0.783. The molecule has 92 valence electrons. The van der Waals surface area contributed by atoms with Crippen molar-refractivity contribution in [3.63, 3.8) is 0 Å². The predicted molar refractivity (Wildman–Crippen MR) is 63.2 cm³/mol. The second-order valence-corrected chi connectivity index (χ2v) is 4.06. The van der Waals surface area contributed by atoms with Crippen LogP contribution in [0.2, 0.25) is 0 Å². The van der Waals surface area contributed by atoms with Crippen molar-refractivity contribution in [3.05, 3.63) is 34.9 Å². The van der Waals surface area contributed by atoms with Gasteiger partial charge in [0, 0.05) is 6.42 Å². The number of alkyl halides is 1. The lowest BCUT2D eigenvalue weighted by Gasteiger charge is -2.12. The maximum absolute atomic E-state index is 11.3. The monoisotopic (exact) mass is 256 g/mol. The molecule has 1 aromatic carbocycles. The highest BCUT2D eigenvalue weighted by Gasteiger charge is 2.20. The van der Waals surface area contributed by atoms with Gasteiger partial charge in [0.25, 0.3) is 0 Å². The summed E-state index contributed by atoms with van der Waals surface area (Å²) in [6.07, 6.45) is -1.58. The molecule has 0 saturated carbocycles. The van der Waals surface area contributed by atoms with Gasteiger partial charge < -0.3 is 10.2 Å².